The van der Waals surface area contributed by atoms with E-state index in [1.807, 2.05) is 0 Å². The van der Waals surface area contributed by atoms with Crippen molar-refractivity contribution in [3.63, 3.8) is 0 Å². The van der Waals surface area contributed by atoms with Crippen LogP contribution in [0, 0.1) is 0 Å². The second-order valence-corrected chi connectivity index (χ2v) is 3.62. The van der Waals surface area contributed by atoms with Gasteiger partial charge in [-0.15, -0.1) is 0 Å². The molecule has 14 heavy (non-hydrogen) atoms. The number of aliphatic hydroxyl groups excluding tert-OH is 1. The van der Waals surface area contributed by atoms with E-state index in [-0.39, 0.29) is 12.5 Å². The number of ether oxygens (including phenoxy) is 1. The summed E-state index contributed by atoms with van der Waals surface area (Å²) in [6.07, 6.45) is -3.85. The molecule has 1 N–H and O–H groups in total. The van der Waals surface area contributed by atoms with E-state index in [9.17, 15) is 13.2 Å². The van der Waals surface area contributed by atoms with Crippen LogP contribution in [0.15, 0.2) is 0 Å². The molecule has 1 unspecified atom stereocenters. The molecule has 1 heterocycles. The van der Waals surface area contributed by atoms with Gasteiger partial charge in [0.15, 0.2) is 0 Å². The molecule has 2 nitrogen and oxygen atoms in total. The Hall–Kier alpha value is -0.290. The number of alkyl halides is 3. The highest BCUT2D eigenvalue weighted by Gasteiger charge is 2.37. The van der Waals surface area contributed by atoms with Gasteiger partial charge in [-0.1, -0.05) is 0 Å². The first-order valence-electron chi connectivity index (χ1n) is 4.86. The summed E-state index contributed by atoms with van der Waals surface area (Å²) in [5, 5.41) is 8.69. The van der Waals surface area contributed by atoms with Crippen molar-refractivity contribution in [3.05, 3.63) is 0 Å². The molecular weight excluding hydrogens is 197 g/mol. The summed E-state index contributed by atoms with van der Waals surface area (Å²) in [6, 6.07) is 0. The molecule has 1 aliphatic heterocycles. The zero-order valence-corrected chi connectivity index (χ0v) is 7.89. The molecule has 84 valence electrons. The van der Waals surface area contributed by atoms with Crippen LogP contribution in [0.5, 0.6) is 0 Å². The fourth-order valence-corrected chi connectivity index (χ4v) is 1.57. The van der Waals surface area contributed by atoms with Gasteiger partial charge in [-0.25, -0.2) is 0 Å². The Bertz CT molecular complexity index is 164. The minimum absolute atomic E-state index is 0.107. The fourth-order valence-electron chi connectivity index (χ4n) is 1.57. The smallest absolute Gasteiger partial charge is 0.384 e. The van der Waals surface area contributed by atoms with Gasteiger partial charge in [0.05, 0.1) is 6.10 Å². The van der Waals surface area contributed by atoms with Gasteiger partial charge in [0, 0.05) is 6.61 Å². The Kier molecular flexibility index (Phi) is 4.19. The van der Waals surface area contributed by atoms with Crippen LogP contribution >= 0.6 is 0 Å². The van der Waals surface area contributed by atoms with Crippen LogP contribution in [-0.2, 0) is 4.74 Å². The first-order valence-corrected chi connectivity index (χ1v) is 4.86. The molecular formula is C9H15F3O2. The van der Waals surface area contributed by atoms with E-state index >= 15 is 0 Å². The molecule has 0 aromatic rings. The van der Waals surface area contributed by atoms with Crippen molar-refractivity contribution < 1.29 is 23.0 Å². The van der Waals surface area contributed by atoms with Crippen molar-refractivity contribution >= 4 is 0 Å². The highest BCUT2D eigenvalue weighted by atomic mass is 19.4. The van der Waals surface area contributed by atoms with Gasteiger partial charge in [0.2, 0.25) is 0 Å². The van der Waals surface area contributed by atoms with E-state index in [0.29, 0.717) is 19.4 Å². The third kappa shape index (κ3) is 3.84. The van der Waals surface area contributed by atoms with Crippen LogP contribution < -0.4 is 0 Å². The van der Waals surface area contributed by atoms with Crippen molar-refractivity contribution in [2.24, 2.45) is 0 Å². The molecule has 0 saturated carbocycles. The first-order chi connectivity index (χ1) is 6.50. The predicted molar refractivity (Wildman–Crippen MR) is 44.9 cm³/mol. The molecule has 0 aromatic heterocycles. The molecule has 0 bridgehead atoms. The lowest BCUT2D eigenvalue weighted by molar-refractivity contribution is -0.205. The molecule has 0 amide bonds. The number of rotatable bonds is 4. The topological polar surface area (TPSA) is 29.5 Å². The monoisotopic (exact) mass is 212 g/mol. The van der Waals surface area contributed by atoms with Crippen molar-refractivity contribution in [1.29, 1.82) is 0 Å². The molecule has 2 atom stereocenters. The largest absolute Gasteiger partial charge is 0.414 e. The summed E-state index contributed by atoms with van der Waals surface area (Å²) >= 11 is 0. The van der Waals surface area contributed by atoms with Crippen LogP contribution in [0.3, 0.4) is 0 Å². The van der Waals surface area contributed by atoms with Crippen molar-refractivity contribution in [1.82, 2.24) is 0 Å². The summed E-state index contributed by atoms with van der Waals surface area (Å²) in [4.78, 5) is 0. The van der Waals surface area contributed by atoms with Gasteiger partial charge in [-0.05, 0) is 32.1 Å². The van der Waals surface area contributed by atoms with E-state index in [1.165, 1.54) is 0 Å². The van der Waals surface area contributed by atoms with Crippen molar-refractivity contribution in [2.45, 2.75) is 50.5 Å². The Morgan fingerprint density at radius 1 is 1.43 bits per heavy atom. The van der Waals surface area contributed by atoms with Crippen molar-refractivity contribution in [2.75, 3.05) is 6.61 Å². The molecule has 0 aliphatic carbocycles. The second kappa shape index (κ2) is 4.98. The molecule has 0 spiro atoms. The quantitative estimate of drug-likeness (QED) is 0.774. The van der Waals surface area contributed by atoms with Crippen LogP contribution in [0.2, 0.25) is 0 Å². The van der Waals surface area contributed by atoms with Gasteiger partial charge >= 0.3 is 6.18 Å². The summed E-state index contributed by atoms with van der Waals surface area (Å²) in [7, 11) is 0. The van der Waals surface area contributed by atoms with E-state index in [2.05, 4.69) is 0 Å². The van der Waals surface area contributed by atoms with E-state index in [1.54, 1.807) is 0 Å². The molecule has 1 saturated heterocycles. The minimum Gasteiger partial charge on any atom is -0.384 e. The summed E-state index contributed by atoms with van der Waals surface area (Å²) < 4.78 is 40.9. The maximum atomic E-state index is 11.9. The average Bonchev–Trinajstić information content (AvgIpc) is 2.55. The van der Waals surface area contributed by atoms with Gasteiger partial charge < -0.3 is 9.84 Å². The molecule has 1 aliphatic rings. The second-order valence-electron chi connectivity index (χ2n) is 3.62. The number of hydrogen-bond acceptors (Lipinski definition) is 2. The van der Waals surface area contributed by atoms with Crippen LogP contribution in [-0.4, -0.2) is 30.1 Å². The lowest BCUT2D eigenvalue weighted by Gasteiger charge is -2.15. The molecule has 5 heteroatoms. The standard InChI is InChI=1S/C9H15F3O2/c10-9(11,12)8(13)5-1-3-7-4-2-6-14-7/h7-8,13H,1-6H2/t7?,8-/m0/s1. The van der Waals surface area contributed by atoms with Crippen LogP contribution in [0.1, 0.15) is 32.1 Å². The maximum absolute atomic E-state index is 11.9. The Balaban J connectivity index is 2.08. The molecule has 0 radical (unpaired) electrons. The molecule has 1 fully saturated rings. The molecule has 0 aromatic carbocycles. The Morgan fingerprint density at radius 2 is 2.14 bits per heavy atom. The third-order valence-electron chi connectivity index (χ3n) is 2.41. The van der Waals surface area contributed by atoms with E-state index in [4.69, 9.17) is 9.84 Å². The number of halogens is 3. The Labute approximate surface area is 81.1 Å². The van der Waals surface area contributed by atoms with Gasteiger partial charge in [-0.2, -0.15) is 13.2 Å². The lowest BCUT2D eigenvalue weighted by atomic mass is 10.1. The van der Waals surface area contributed by atoms with Gasteiger partial charge in [-0.3, -0.25) is 0 Å². The van der Waals surface area contributed by atoms with Gasteiger partial charge in [0.25, 0.3) is 0 Å². The van der Waals surface area contributed by atoms with E-state index < -0.39 is 12.3 Å². The maximum Gasteiger partial charge on any atom is 0.414 e. The van der Waals surface area contributed by atoms with Crippen molar-refractivity contribution in [3.8, 4) is 0 Å². The van der Waals surface area contributed by atoms with Gasteiger partial charge in [0.1, 0.15) is 6.10 Å². The van der Waals surface area contributed by atoms with Crippen LogP contribution in [0.25, 0.3) is 0 Å². The fraction of sp³-hybridized carbons (Fsp3) is 1.00. The average molecular weight is 212 g/mol. The lowest BCUT2D eigenvalue weighted by Crippen LogP contribution is -2.28. The number of aliphatic hydroxyl groups is 1. The highest BCUT2D eigenvalue weighted by molar-refractivity contribution is 4.69. The minimum atomic E-state index is -4.48. The summed E-state index contributed by atoms with van der Waals surface area (Å²) in [5.41, 5.74) is 0. The Morgan fingerprint density at radius 3 is 2.64 bits per heavy atom. The zero-order chi connectivity index (χ0) is 10.6. The van der Waals surface area contributed by atoms with E-state index in [0.717, 1.165) is 12.8 Å². The zero-order valence-electron chi connectivity index (χ0n) is 7.89. The highest BCUT2D eigenvalue weighted by Crippen LogP contribution is 2.25. The van der Waals surface area contributed by atoms with Crippen LogP contribution in [0.4, 0.5) is 13.2 Å². The summed E-state index contributed by atoms with van der Waals surface area (Å²) in [5.74, 6) is 0. The predicted octanol–water partition coefficient (Wildman–Crippen LogP) is 2.26. The normalized spacial score (nSPS) is 25.3. The third-order valence-corrected chi connectivity index (χ3v) is 2.41. The first kappa shape index (κ1) is 11.8. The summed E-state index contributed by atoms with van der Waals surface area (Å²) in [6.45, 7) is 0.715. The SMILES string of the molecule is O[C@@H](CCCC1CCCO1)C(F)(F)F. The number of hydrogen-bond donors (Lipinski definition) is 1. The molecule has 1 rings (SSSR count).